The number of carbonyl (C=O) groups is 1. The summed E-state index contributed by atoms with van der Waals surface area (Å²) in [7, 11) is 0. The first-order chi connectivity index (χ1) is 9.97. The van der Waals surface area contributed by atoms with Crippen LogP contribution in [0.2, 0.25) is 5.02 Å². The van der Waals surface area contributed by atoms with Gasteiger partial charge in [-0.15, -0.1) is 0 Å². The van der Waals surface area contributed by atoms with Crippen LogP contribution in [0, 0.1) is 13.8 Å². The van der Waals surface area contributed by atoms with Crippen molar-refractivity contribution in [3.63, 3.8) is 0 Å². The third kappa shape index (κ3) is 3.99. The topological polar surface area (TPSA) is 46.5 Å². The monoisotopic (exact) mass is 304 g/mol. The number of ether oxygens (including phenoxy) is 1. The van der Waals surface area contributed by atoms with Crippen molar-refractivity contribution < 1.29 is 14.6 Å². The van der Waals surface area contributed by atoms with Crippen LogP contribution < -0.4 is 4.74 Å². The molecular formula is C17H17ClO3. The van der Waals surface area contributed by atoms with Crippen LogP contribution in [0.25, 0.3) is 0 Å². The molecule has 21 heavy (non-hydrogen) atoms. The van der Waals surface area contributed by atoms with E-state index in [2.05, 4.69) is 0 Å². The first kappa shape index (κ1) is 15.4. The maximum atomic E-state index is 10.9. The molecule has 0 fully saturated rings. The van der Waals surface area contributed by atoms with Gasteiger partial charge in [0.1, 0.15) is 12.4 Å². The number of aliphatic carboxylic acids is 1. The van der Waals surface area contributed by atoms with E-state index in [0.29, 0.717) is 11.6 Å². The lowest BCUT2D eigenvalue weighted by atomic mass is 10.1. The number of aryl methyl sites for hydroxylation is 2. The predicted octanol–water partition coefficient (Wildman–Crippen LogP) is 4.16. The molecule has 0 aliphatic heterocycles. The van der Waals surface area contributed by atoms with E-state index in [0.717, 1.165) is 28.0 Å². The fourth-order valence-corrected chi connectivity index (χ4v) is 2.64. The highest BCUT2D eigenvalue weighted by Gasteiger charge is 2.09. The van der Waals surface area contributed by atoms with Crippen molar-refractivity contribution in [3.8, 4) is 5.75 Å². The minimum Gasteiger partial charge on any atom is -0.488 e. The van der Waals surface area contributed by atoms with Crippen molar-refractivity contribution >= 4 is 17.6 Å². The summed E-state index contributed by atoms with van der Waals surface area (Å²) >= 11 is 6.00. The molecule has 3 nitrogen and oxygen atoms in total. The van der Waals surface area contributed by atoms with Gasteiger partial charge in [0.2, 0.25) is 0 Å². The average Bonchev–Trinajstić information content (AvgIpc) is 2.38. The Balaban J connectivity index is 2.19. The summed E-state index contributed by atoms with van der Waals surface area (Å²) in [4.78, 5) is 10.9. The SMILES string of the molecule is Cc1cc(Cl)cc(C)c1OCc1ccccc1CC(=O)O. The Kier molecular flexibility index (Phi) is 4.86. The standard InChI is InChI=1S/C17H17ClO3/c1-11-7-15(18)8-12(2)17(11)21-10-14-6-4-3-5-13(14)9-16(19)20/h3-8H,9-10H2,1-2H3,(H,19,20). The van der Waals surface area contributed by atoms with Gasteiger partial charge in [-0.05, 0) is 48.2 Å². The van der Waals surface area contributed by atoms with E-state index in [1.54, 1.807) is 0 Å². The molecule has 2 aromatic carbocycles. The Morgan fingerprint density at radius 1 is 1.14 bits per heavy atom. The summed E-state index contributed by atoms with van der Waals surface area (Å²) in [5, 5.41) is 9.62. The van der Waals surface area contributed by atoms with Crippen LogP contribution in [0.4, 0.5) is 0 Å². The fourth-order valence-electron chi connectivity index (χ4n) is 2.31. The maximum absolute atomic E-state index is 10.9. The van der Waals surface area contributed by atoms with Crippen molar-refractivity contribution in [2.24, 2.45) is 0 Å². The second-order valence-corrected chi connectivity index (χ2v) is 5.43. The van der Waals surface area contributed by atoms with Gasteiger partial charge in [0.05, 0.1) is 6.42 Å². The van der Waals surface area contributed by atoms with Crippen LogP contribution in [-0.2, 0) is 17.8 Å². The van der Waals surface area contributed by atoms with E-state index < -0.39 is 5.97 Å². The molecule has 1 N–H and O–H groups in total. The van der Waals surface area contributed by atoms with E-state index in [1.165, 1.54) is 0 Å². The molecule has 0 saturated carbocycles. The molecule has 0 radical (unpaired) electrons. The lowest BCUT2D eigenvalue weighted by Crippen LogP contribution is -2.06. The number of carboxylic acids is 1. The van der Waals surface area contributed by atoms with Gasteiger partial charge in [0.25, 0.3) is 0 Å². The van der Waals surface area contributed by atoms with E-state index in [9.17, 15) is 4.79 Å². The van der Waals surface area contributed by atoms with Gasteiger partial charge in [-0.1, -0.05) is 35.9 Å². The van der Waals surface area contributed by atoms with Gasteiger partial charge in [-0.2, -0.15) is 0 Å². The highest BCUT2D eigenvalue weighted by molar-refractivity contribution is 6.30. The van der Waals surface area contributed by atoms with Crippen LogP contribution in [0.5, 0.6) is 5.75 Å². The molecule has 110 valence electrons. The van der Waals surface area contributed by atoms with Crippen LogP contribution in [0.15, 0.2) is 36.4 Å². The maximum Gasteiger partial charge on any atom is 0.307 e. The number of halogens is 1. The Labute approximate surface area is 129 Å². The summed E-state index contributed by atoms with van der Waals surface area (Å²) in [6.07, 6.45) is -0.00187. The third-order valence-electron chi connectivity index (χ3n) is 3.26. The highest BCUT2D eigenvalue weighted by atomic mass is 35.5. The van der Waals surface area contributed by atoms with Crippen molar-refractivity contribution in [1.82, 2.24) is 0 Å². The predicted molar refractivity (Wildman–Crippen MR) is 83.0 cm³/mol. The van der Waals surface area contributed by atoms with Gasteiger partial charge in [0.15, 0.2) is 0 Å². The molecule has 0 atom stereocenters. The second kappa shape index (κ2) is 6.64. The highest BCUT2D eigenvalue weighted by Crippen LogP contribution is 2.28. The third-order valence-corrected chi connectivity index (χ3v) is 3.48. The zero-order valence-corrected chi connectivity index (χ0v) is 12.8. The van der Waals surface area contributed by atoms with E-state index >= 15 is 0 Å². The number of carboxylic acid groups (broad SMARTS) is 1. The minimum atomic E-state index is -0.846. The zero-order chi connectivity index (χ0) is 15.4. The van der Waals surface area contributed by atoms with E-state index in [4.69, 9.17) is 21.4 Å². The molecule has 0 saturated heterocycles. The molecule has 2 rings (SSSR count). The van der Waals surface area contributed by atoms with Crippen molar-refractivity contribution in [1.29, 1.82) is 0 Å². The van der Waals surface area contributed by atoms with E-state index in [1.807, 2.05) is 50.2 Å². The first-order valence-electron chi connectivity index (χ1n) is 6.65. The number of hydrogen-bond acceptors (Lipinski definition) is 2. The summed E-state index contributed by atoms with van der Waals surface area (Å²) in [6.45, 7) is 4.22. The molecule has 0 aromatic heterocycles. The summed E-state index contributed by atoms with van der Waals surface area (Å²) < 4.78 is 5.88. The summed E-state index contributed by atoms with van der Waals surface area (Å²) in [6, 6.07) is 11.1. The zero-order valence-electron chi connectivity index (χ0n) is 12.0. The average molecular weight is 305 g/mol. The molecule has 2 aromatic rings. The van der Waals surface area contributed by atoms with Crippen molar-refractivity contribution in [2.45, 2.75) is 26.9 Å². The molecule has 0 aliphatic rings. The van der Waals surface area contributed by atoms with Crippen molar-refractivity contribution in [2.75, 3.05) is 0 Å². The van der Waals surface area contributed by atoms with Gasteiger partial charge < -0.3 is 9.84 Å². The quantitative estimate of drug-likeness (QED) is 0.902. The van der Waals surface area contributed by atoms with Crippen LogP contribution in [-0.4, -0.2) is 11.1 Å². The molecule has 0 heterocycles. The van der Waals surface area contributed by atoms with Crippen LogP contribution in [0.1, 0.15) is 22.3 Å². The molecule has 4 heteroatoms. The lowest BCUT2D eigenvalue weighted by molar-refractivity contribution is -0.136. The molecule has 0 bridgehead atoms. The first-order valence-corrected chi connectivity index (χ1v) is 7.03. The van der Waals surface area contributed by atoms with Gasteiger partial charge >= 0.3 is 5.97 Å². The number of rotatable bonds is 5. The van der Waals surface area contributed by atoms with Gasteiger partial charge in [-0.3, -0.25) is 4.79 Å². The minimum absolute atomic E-state index is 0.00187. The molecular weight excluding hydrogens is 288 g/mol. The normalized spacial score (nSPS) is 10.4. The largest absolute Gasteiger partial charge is 0.488 e. The summed E-state index contributed by atoms with van der Waals surface area (Å²) in [5.41, 5.74) is 3.59. The lowest BCUT2D eigenvalue weighted by Gasteiger charge is -2.14. The summed E-state index contributed by atoms with van der Waals surface area (Å²) in [5.74, 6) is -0.0502. The Morgan fingerprint density at radius 3 is 2.29 bits per heavy atom. The Hall–Kier alpha value is -2.00. The molecule has 0 aliphatic carbocycles. The fraction of sp³-hybridized carbons (Fsp3) is 0.235. The second-order valence-electron chi connectivity index (χ2n) is 5.00. The smallest absolute Gasteiger partial charge is 0.307 e. The Morgan fingerprint density at radius 2 is 1.71 bits per heavy atom. The van der Waals surface area contributed by atoms with Crippen molar-refractivity contribution in [3.05, 3.63) is 63.7 Å². The van der Waals surface area contributed by atoms with Crippen LogP contribution in [0.3, 0.4) is 0 Å². The van der Waals surface area contributed by atoms with Gasteiger partial charge in [0, 0.05) is 5.02 Å². The Bertz CT molecular complexity index is 642. The molecule has 0 spiro atoms. The molecule has 0 unspecified atom stereocenters. The number of hydrogen-bond donors (Lipinski definition) is 1. The van der Waals surface area contributed by atoms with Crippen LogP contribution >= 0.6 is 11.6 Å². The molecule has 0 amide bonds. The number of benzene rings is 2. The van der Waals surface area contributed by atoms with Gasteiger partial charge in [-0.25, -0.2) is 0 Å². The van der Waals surface area contributed by atoms with E-state index in [-0.39, 0.29) is 6.42 Å².